The molecule has 2 aliphatic rings. The second-order valence-electron chi connectivity index (χ2n) is 7.32. The van der Waals surface area contributed by atoms with Gasteiger partial charge in [0.15, 0.2) is 0 Å². The van der Waals surface area contributed by atoms with Crippen LogP contribution in [0.5, 0.6) is 0 Å². The molecule has 1 N–H and O–H groups in total. The van der Waals surface area contributed by atoms with Crippen LogP contribution in [0.15, 0.2) is 48.5 Å². The van der Waals surface area contributed by atoms with Crippen LogP contribution in [0.4, 0.5) is 8.78 Å². The third-order valence-electron chi connectivity index (χ3n) is 5.64. The molecule has 2 aromatic rings. The maximum atomic E-state index is 14.0. The summed E-state index contributed by atoms with van der Waals surface area (Å²) in [6, 6.07) is 12.6. The van der Waals surface area contributed by atoms with Crippen LogP contribution in [0.3, 0.4) is 0 Å². The predicted molar refractivity (Wildman–Crippen MR) is 94.1 cm³/mol. The van der Waals surface area contributed by atoms with Gasteiger partial charge in [-0.1, -0.05) is 30.3 Å². The summed E-state index contributed by atoms with van der Waals surface area (Å²) >= 11 is 0. The van der Waals surface area contributed by atoms with Crippen molar-refractivity contribution >= 4 is 11.9 Å². The molecule has 1 aliphatic heterocycles. The molecule has 1 aliphatic carbocycles. The molecule has 6 heteroatoms. The Hall–Kier alpha value is -2.76. The van der Waals surface area contributed by atoms with Gasteiger partial charge in [-0.3, -0.25) is 9.59 Å². The minimum atomic E-state index is -0.928. The van der Waals surface area contributed by atoms with Crippen LogP contribution in [-0.4, -0.2) is 35.0 Å². The van der Waals surface area contributed by atoms with Crippen molar-refractivity contribution in [3.8, 4) is 0 Å². The van der Waals surface area contributed by atoms with Crippen LogP contribution < -0.4 is 0 Å². The predicted octanol–water partition coefficient (Wildman–Crippen LogP) is 3.40. The maximum absolute atomic E-state index is 14.0. The molecule has 0 bridgehead atoms. The number of nitrogens with zero attached hydrogens (tertiary/aromatic N) is 1. The third kappa shape index (κ3) is 3.31. The van der Waals surface area contributed by atoms with E-state index in [1.807, 2.05) is 30.3 Å². The Kier molecular flexibility index (Phi) is 4.42. The van der Waals surface area contributed by atoms with E-state index >= 15 is 0 Å². The summed E-state index contributed by atoms with van der Waals surface area (Å²) in [7, 11) is 0. The van der Waals surface area contributed by atoms with Crippen molar-refractivity contribution in [2.24, 2.45) is 11.8 Å². The van der Waals surface area contributed by atoms with Gasteiger partial charge in [0.1, 0.15) is 11.6 Å². The highest BCUT2D eigenvalue weighted by Crippen LogP contribution is 2.50. The molecular formula is C21H19F2NO3. The number of carboxylic acid groups (broad SMARTS) is 1. The van der Waals surface area contributed by atoms with Gasteiger partial charge in [0.25, 0.3) is 0 Å². The zero-order chi connectivity index (χ0) is 19.1. The first-order valence-corrected chi connectivity index (χ1v) is 8.97. The monoisotopic (exact) mass is 371 g/mol. The summed E-state index contributed by atoms with van der Waals surface area (Å²) in [4.78, 5) is 26.1. The molecule has 1 heterocycles. The van der Waals surface area contributed by atoms with Crippen LogP contribution in [0.2, 0.25) is 0 Å². The van der Waals surface area contributed by atoms with E-state index in [0.717, 1.165) is 23.8 Å². The zero-order valence-corrected chi connectivity index (χ0v) is 14.5. The molecule has 4 unspecified atom stereocenters. The largest absolute Gasteiger partial charge is 0.481 e. The number of aliphatic carboxylic acids is 1. The van der Waals surface area contributed by atoms with Crippen molar-refractivity contribution in [1.29, 1.82) is 0 Å². The number of likely N-dealkylation sites (tertiary alicyclic amines) is 1. The van der Waals surface area contributed by atoms with E-state index in [0.29, 0.717) is 13.0 Å². The minimum absolute atomic E-state index is 0.141. The lowest BCUT2D eigenvalue weighted by molar-refractivity contribution is -0.142. The van der Waals surface area contributed by atoms with E-state index in [4.69, 9.17) is 0 Å². The number of rotatable bonds is 4. The Labute approximate surface area is 155 Å². The number of hydrogen-bond acceptors (Lipinski definition) is 2. The molecule has 140 valence electrons. The summed E-state index contributed by atoms with van der Waals surface area (Å²) in [5.41, 5.74) is 1.12. The second-order valence-corrected chi connectivity index (χ2v) is 7.32. The number of halogens is 2. The zero-order valence-electron chi connectivity index (χ0n) is 14.5. The average Bonchev–Trinajstić information content (AvgIpc) is 3.32. The standard InChI is InChI=1S/C21H19F2NO3/c22-13-6-7-19(23)15(8-13)14-9-16(14)20(25)24-10-17(18(11-24)21(26)27)12-4-2-1-3-5-12/h1-8,14,16-18H,9-11H2,(H,26,27). The molecule has 27 heavy (non-hydrogen) atoms. The average molecular weight is 371 g/mol. The molecule has 4 atom stereocenters. The Morgan fingerprint density at radius 3 is 2.41 bits per heavy atom. The number of benzene rings is 2. The first kappa shape index (κ1) is 17.6. The van der Waals surface area contributed by atoms with Crippen molar-refractivity contribution in [3.05, 3.63) is 71.3 Å². The number of hydrogen-bond donors (Lipinski definition) is 1. The van der Waals surface area contributed by atoms with Gasteiger partial charge in [-0.2, -0.15) is 0 Å². The van der Waals surface area contributed by atoms with Crippen molar-refractivity contribution in [2.75, 3.05) is 13.1 Å². The van der Waals surface area contributed by atoms with Crippen LogP contribution in [0.25, 0.3) is 0 Å². The highest BCUT2D eigenvalue weighted by atomic mass is 19.1. The maximum Gasteiger partial charge on any atom is 0.308 e. The van der Waals surface area contributed by atoms with Gasteiger partial charge in [0.05, 0.1) is 5.92 Å². The molecule has 1 amide bonds. The number of carbonyl (C=O) groups is 2. The van der Waals surface area contributed by atoms with Gasteiger partial charge in [-0.05, 0) is 41.7 Å². The van der Waals surface area contributed by atoms with Crippen LogP contribution in [0, 0.1) is 23.5 Å². The van der Waals surface area contributed by atoms with Crippen LogP contribution >= 0.6 is 0 Å². The Bertz CT molecular complexity index is 886. The lowest BCUT2D eigenvalue weighted by Crippen LogP contribution is -2.31. The highest BCUT2D eigenvalue weighted by Gasteiger charge is 2.50. The Balaban J connectivity index is 1.50. The van der Waals surface area contributed by atoms with E-state index in [-0.39, 0.29) is 29.9 Å². The topological polar surface area (TPSA) is 57.6 Å². The molecule has 1 saturated heterocycles. The van der Waals surface area contributed by atoms with Gasteiger partial charge in [0, 0.05) is 24.9 Å². The van der Waals surface area contributed by atoms with Crippen LogP contribution in [-0.2, 0) is 9.59 Å². The van der Waals surface area contributed by atoms with Gasteiger partial charge >= 0.3 is 5.97 Å². The summed E-state index contributed by atoms with van der Waals surface area (Å²) in [5.74, 6) is -3.83. The van der Waals surface area contributed by atoms with E-state index in [1.165, 1.54) is 0 Å². The molecule has 2 fully saturated rings. The summed E-state index contributed by atoms with van der Waals surface area (Å²) < 4.78 is 27.4. The van der Waals surface area contributed by atoms with Crippen LogP contribution in [0.1, 0.15) is 29.4 Å². The summed E-state index contributed by atoms with van der Waals surface area (Å²) in [6.45, 7) is 0.469. The summed E-state index contributed by atoms with van der Waals surface area (Å²) in [5, 5.41) is 9.57. The van der Waals surface area contributed by atoms with E-state index in [2.05, 4.69) is 0 Å². The fraction of sp³-hybridized carbons (Fsp3) is 0.333. The van der Waals surface area contributed by atoms with Gasteiger partial charge in [-0.25, -0.2) is 8.78 Å². The van der Waals surface area contributed by atoms with Crippen molar-refractivity contribution in [2.45, 2.75) is 18.3 Å². The number of carbonyl (C=O) groups excluding carboxylic acids is 1. The normalized spacial score (nSPS) is 26.8. The first-order valence-electron chi connectivity index (χ1n) is 8.97. The van der Waals surface area contributed by atoms with Crippen molar-refractivity contribution < 1.29 is 23.5 Å². The van der Waals surface area contributed by atoms with Gasteiger partial charge in [0.2, 0.25) is 5.91 Å². The number of carboxylic acids is 1. The molecular weight excluding hydrogens is 352 g/mol. The quantitative estimate of drug-likeness (QED) is 0.896. The SMILES string of the molecule is O=C(O)C1CN(C(=O)C2CC2c2cc(F)ccc2F)CC1c1ccccc1. The fourth-order valence-corrected chi connectivity index (χ4v) is 4.12. The molecule has 2 aromatic carbocycles. The lowest BCUT2D eigenvalue weighted by Gasteiger charge is -2.17. The van der Waals surface area contributed by atoms with Crippen molar-refractivity contribution in [1.82, 2.24) is 4.90 Å². The summed E-state index contributed by atoms with van der Waals surface area (Å²) in [6.07, 6.45) is 0.462. The van der Waals surface area contributed by atoms with E-state index < -0.39 is 29.4 Å². The van der Waals surface area contributed by atoms with E-state index in [9.17, 15) is 23.5 Å². The van der Waals surface area contributed by atoms with Gasteiger partial charge in [-0.15, -0.1) is 0 Å². The minimum Gasteiger partial charge on any atom is -0.481 e. The first-order chi connectivity index (χ1) is 13.0. The Morgan fingerprint density at radius 1 is 0.963 bits per heavy atom. The second kappa shape index (κ2) is 6.76. The van der Waals surface area contributed by atoms with E-state index in [1.54, 1.807) is 4.90 Å². The number of amides is 1. The third-order valence-corrected chi connectivity index (χ3v) is 5.64. The fourth-order valence-electron chi connectivity index (χ4n) is 4.12. The molecule has 0 spiro atoms. The van der Waals surface area contributed by atoms with Gasteiger partial charge < -0.3 is 10.0 Å². The molecule has 4 rings (SSSR count). The molecule has 0 aromatic heterocycles. The van der Waals surface area contributed by atoms with Crippen molar-refractivity contribution in [3.63, 3.8) is 0 Å². The molecule has 1 saturated carbocycles. The highest BCUT2D eigenvalue weighted by molar-refractivity contribution is 5.85. The molecule has 0 radical (unpaired) electrons. The lowest BCUT2D eigenvalue weighted by atomic mass is 9.89. The smallest absolute Gasteiger partial charge is 0.308 e. The molecule has 4 nitrogen and oxygen atoms in total. The Morgan fingerprint density at radius 2 is 1.70 bits per heavy atom.